The van der Waals surface area contributed by atoms with Crippen LogP contribution >= 0.6 is 22.7 Å². The van der Waals surface area contributed by atoms with E-state index >= 15 is 0 Å². The summed E-state index contributed by atoms with van der Waals surface area (Å²) in [6, 6.07) is 13.6. The van der Waals surface area contributed by atoms with E-state index in [4.69, 9.17) is 0 Å². The van der Waals surface area contributed by atoms with Crippen molar-refractivity contribution in [3.05, 3.63) is 81.9 Å². The zero-order valence-electron chi connectivity index (χ0n) is 14.0. The number of fused-ring (bicyclic) bond motifs is 2. The number of benzene rings is 2. The molecular weight excluding hydrogens is 400 g/mol. The van der Waals surface area contributed by atoms with Gasteiger partial charge >= 0.3 is 0 Å². The first-order valence-corrected chi connectivity index (χ1v) is 9.91. The maximum Gasteiger partial charge on any atom is 0.200 e. The van der Waals surface area contributed by atoms with Crippen LogP contribution in [0.25, 0.3) is 26.0 Å². The van der Waals surface area contributed by atoms with Gasteiger partial charge in [-0.15, -0.1) is 22.7 Å². The molecule has 1 aliphatic rings. The monoisotopic (exact) mass is 409 g/mol. The molecule has 0 atom stereocenters. The first-order valence-electron chi connectivity index (χ1n) is 8.28. The minimum atomic E-state index is -0.897. The number of allylic oxidation sites excluding steroid dienone is 1. The van der Waals surface area contributed by atoms with E-state index in [-0.39, 0.29) is 5.57 Å². The second-order valence-electron chi connectivity index (χ2n) is 6.19. The first kappa shape index (κ1) is 17.1. The number of rotatable bonds is 2. The fourth-order valence-corrected chi connectivity index (χ4v) is 5.35. The van der Waals surface area contributed by atoms with Gasteiger partial charge in [0.2, 0.25) is 11.6 Å². The van der Waals surface area contributed by atoms with Crippen LogP contribution in [0.4, 0.5) is 8.78 Å². The van der Waals surface area contributed by atoms with Crippen molar-refractivity contribution in [2.45, 2.75) is 0 Å². The summed E-state index contributed by atoms with van der Waals surface area (Å²) in [6.07, 6.45) is 1.32. The molecule has 4 aromatic rings. The van der Waals surface area contributed by atoms with Crippen molar-refractivity contribution in [2.75, 3.05) is 0 Å². The normalized spacial score (nSPS) is 13.4. The van der Waals surface area contributed by atoms with Crippen LogP contribution in [-0.4, -0.2) is 16.6 Å². The van der Waals surface area contributed by atoms with Crippen LogP contribution in [0.1, 0.15) is 25.7 Å². The van der Waals surface area contributed by atoms with Gasteiger partial charge in [-0.2, -0.15) is 0 Å². The molecule has 0 aliphatic heterocycles. The number of aromatic nitrogens is 1. The molecule has 2 aromatic carbocycles. The van der Waals surface area contributed by atoms with Gasteiger partial charge in [0.25, 0.3) is 0 Å². The topological polar surface area (TPSA) is 47.0 Å². The highest BCUT2D eigenvalue weighted by Gasteiger charge is 2.38. The number of carbonyl (C=O) groups excluding carboxylic acids is 2. The SMILES string of the molecule is O=C1C(=Cc2nc3sc(-c4ccccc4)cc3s2)C(=O)c2c(F)ccc(F)c21. The third-order valence-electron chi connectivity index (χ3n) is 4.48. The zero-order chi connectivity index (χ0) is 19.4. The Morgan fingerprint density at radius 3 is 2.11 bits per heavy atom. The average Bonchev–Trinajstić information content (AvgIpc) is 3.32. The van der Waals surface area contributed by atoms with Crippen LogP contribution in [0.5, 0.6) is 0 Å². The molecule has 0 N–H and O–H groups in total. The Balaban J connectivity index is 1.55. The molecular formula is C21H9F2NO2S2. The van der Waals surface area contributed by atoms with E-state index in [1.54, 1.807) is 0 Å². The third kappa shape index (κ3) is 2.55. The summed E-state index contributed by atoms with van der Waals surface area (Å²) < 4.78 is 28.8. The number of nitrogens with zero attached hydrogens (tertiary/aromatic N) is 1. The quantitative estimate of drug-likeness (QED) is 0.312. The van der Waals surface area contributed by atoms with Gasteiger partial charge in [0.15, 0.2) is 0 Å². The summed E-state index contributed by atoms with van der Waals surface area (Å²) >= 11 is 2.82. The Bertz CT molecular complexity index is 1240. The zero-order valence-corrected chi connectivity index (χ0v) is 15.7. The summed E-state index contributed by atoms with van der Waals surface area (Å²) in [4.78, 5) is 31.2. The maximum atomic E-state index is 14.0. The van der Waals surface area contributed by atoms with E-state index in [9.17, 15) is 18.4 Å². The molecule has 2 aromatic heterocycles. The molecule has 0 saturated heterocycles. The number of halogens is 2. The van der Waals surface area contributed by atoms with Crippen LogP contribution in [0.2, 0.25) is 0 Å². The number of ketones is 2. The number of thiophene rings is 1. The molecule has 0 spiro atoms. The van der Waals surface area contributed by atoms with Crippen LogP contribution in [0, 0.1) is 11.6 Å². The second kappa shape index (κ2) is 6.25. The van der Waals surface area contributed by atoms with Gasteiger partial charge in [0.1, 0.15) is 21.5 Å². The number of thiazole rings is 1. The first-order chi connectivity index (χ1) is 13.5. The van der Waals surface area contributed by atoms with Crippen molar-refractivity contribution in [1.82, 2.24) is 4.98 Å². The Labute approximate surface area is 165 Å². The molecule has 0 radical (unpaired) electrons. The highest BCUT2D eigenvalue weighted by molar-refractivity contribution is 7.29. The minimum Gasteiger partial charge on any atom is -0.288 e. The van der Waals surface area contributed by atoms with Crippen LogP contribution in [0.15, 0.2) is 54.1 Å². The Morgan fingerprint density at radius 2 is 1.50 bits per heavy atom. The number of carbonyl (C=O) groups is 2. The van der Waals surface area contributed by atoms with Gasteiger partial charge in [-0.1, -0.05) is 30.3 Å². The smallest absolute Gasteiger partial charge is 0.200 e. The largest absolute Gasteiger partial charge is 0.288 e. The lowest BCUT2D eigenvalue weighted by molar-refractivity contribution is 0.0989. The van der Waals surface area contributed by atoms with E-state index in [1.165, 1.54) is 28.7 Å². The van der Waals surface area contributed by atoms with Crippen LogP contribution in [-0.2, 0) is 0 Å². The summed E-state index contributed by atoms with van der Waals surface area (Å²) in [5.41, 5.74) is -0.175. The second-order valence-corrected chi connectivity index (χ2v) is 8.29. The summed E-state index contributed by atoms with van der Waals surface area (Å²) in [5.74, 6) is -3.40. The van der Waals surface area contributed by atoms with Gasteiger partial charge in [0.05, 0.1) is 21.4 Å². The van der Waals surface area contributed by atoms with Crippen molar-refractivity contribution in [1.29, 1.82) is 0 Å². The summed E-state index contributed by atoms with van der Waals surface area (Å²) in [6.45, 7) is 0. The standard InChI is InChI=1S/C21H9F2NO2S2/c22-12-6-7-13(23)18-17(12)19(25)11(20(18)26)8-16-24-21-15(27-16)9-14(28-21)10-4-2-1-3-5-10/h1-9H. The highest BCUT2D eigenvalue weighted by Crippen LogP contribution is 2.38. The molecule has 0 amide bonds. The highest BCUT2D eigenvalue weighted by atomic mass is 32.1. The van der Waals surface area contributed by atoms with Gasteiger partial charge in [-0.25, -0.2) is 13.8 Å². The minimum absolute atomic E-state index is 0.260. The van der Waals surface area contributed by atoms with Crippen molar-refractivity contribution >= 4 is 49.8 Å². The molecule has 5 rings (SSSR count). The number of hydrogen-bond donors (Lipinski definition) is 0. The van der Waals surface area contributed by atoms with E-state index in [1.807, 2.05) is 36.4 Å². The van der Waals surface area contributed by atoms with Crippen molar-refractivity contribution in [3.63, 3.8) is 0 Å². The summed E-state index contributed by atoms with van der Waals surface area (Å²) in [5, 5.41) is 0.450. The van der Waals surface area contributed by atoms with Gasteiger partial charge in [0, 0.05) is 4.88 Å². The van der Waals surface area contributed by atoms with E-state index < -0.39 is 34.3 Å². The van der Waals surface area contributed by atoms with E-state index in [0.717, 1.165) is 32.1 Å². The molecule has 0 unspecified atom stereocenters. The van der Waals surface area contributed by atoms with Gasteiger partial charge in [-0.05, 0) is 29.8 Å². The molecule has 2 heterocycles. The van der Waals surface area contributed by atoms with Crippen molar-refractivity contribution < 1.29 is 18.4 Å². The molecule has 0 bridgehead atoms. The molecule has 136 valence electrons. The lowest BCUT2D eigenvalue weighted by atomic mass is 10.1. The van der Waals surface area contributed by atoms with Crippen molar-refractivity contribution in [2.24, 2.45) is 0 Å². The molecule has 3 nitrogen and oxygen atoms in total. The predicted molar refractivity (Wildman–Crippen MR) is 106 cm³/mol. The molecule has 28 heavy (non-hydrogen) atoms. The third-order valence-corrected chi connectivity index (χ3v) is 6.64. The Kier molecular flexibility index (Phi) is 3.82. The van der Waals surface area contributed by atoms with Crippen LogP contribution < -0.4 is 0 Å². The number of hydrogen-bond acceptors (Lipinski definition) is 5. The lowest BCUT2D eigenvalue weighted by Gasteiger charge is -1.97. The molecule has 1 aliphatic carbocycles. The fourth-order valence-electron chi connectivity index (χ4n) is 3.18. The fraction of sp³-hybridized carbons (Fsp3) is 0. The van der Waals surface area contributed by atoms with Crippen LogP contribution in [0.3, 0.4) is 0 Å². The Morgan fingerprint density at radius 1 is 0.857 bits per heavy atom. The van der Waals surface area contributed by atoms with E-state index in [0.29, 0.717) is 5.01 Å². The molecule has 0 saturated carbocycles. The lowest BCUT2D eigenvalue weighted by Crippen LogP contribution is -2.01. The number of Topliss-reactive ketones (excluding diaryl/α,β-unsaturated/α-hetero) is 2. The summed E-state index contributed by atoms with van der Waals surface area (Å²) in [7, 11) is 0. The Hall–Kier alpha value is -3.03. The van der Waals surface area contributed by atoms with Crippen molar-refractivity contribution in [3.8, 4) is 10.4 Å². The average molecular weight is 409 g/mol. The van der Waals surface area contributed by atoms with Gasteiger partial charge < -0.3 is 0 Å². The molecule has 0 fully saturated rings. The molecule has 7 heteroatoms. The maximum absolute atomic E-state index is 14.0. The van der Waals surface area contributed by atoms with E-state index in [2.05, 4.69) is 4.98 Å². The van der Waals surface area contributed by atoms with Gasteiger partial charge in [-0.3, -0.25) is 9.59 Å². The predicted octanol–water partition coefficient (Wildman–Crippen LogP) is 5.77.